The molecule has 2 saturated heterocycles. The van der Waals surface area contributed by atoms with Gasteiger partial charge in [0.25, 0.3) is 5.91 Å². The Balaban J connectivity index is 1.95. The number of ether oxygens (including phenoxy) is 1. The summed E-state index contributed by atoms with van der Waals surface area (Å²) in [4.78, 5) is 13.4. The highest BCUT2D eigenvalue weighted by atomic mass is 16.5. The minimum Gasteiger partial charge on any atom is -0.391 e. The molecule has 0 aromatic heterocycles. The van der Waals surface area contributed by atoms with Crippen LogP contribution in [0.3, 0.4) is 0 Å². The first-order valence-corrected chi connectivity index (χ1v) is 4.78. The molecule has 74 valence electrons. The molecule has 1 N–H and O–H groups in total. The number of carbonyl (C=O) groups is 1. The minimum atomic E-state index is -0.348. The normalized spacial score (nSPS) is 38.9. The van der Waals surface area contributed by atoms with Crippen molar-refractivity contribution < 1.29 is 14.6 Å². The van der Waals surface area contributed by atoms with Crippen LogP contribution in [0.2, 0.25) is 0 Å². The molecule has 1 amide bonds. The number of nitrogens with zero attached hydrogens (tertiary/aromatic N) is 1. The molecule has 0 saturated carbocycles. The third kappa shape index (κ3) is 1.56. The van der Waals surface area contributed by atoms with E-state index in [0.29, 0.717) is 19.6 Å². The smallest absolute Gasteiger partial charge is 0.252 e. The maximum Gasteiger partial charge on any atom is 0.252 e. The second-order valence-corrected chi connectivity index (χ2v) is 3.88. The molecule has 0 radical (unpaired) electrons. The van der Waals surface area contributed by atoms with E-state index in [1.165, 1.54) is 0 Å². The number of β-amino-alcohol motifs (C(OH)–C–C–N with tert-alkyl or cyclic N) is 1. The Hall–Kier alpha value is -0.610. The molecule has 3 atom stereocenters. The standard InChI is InChI=1S/C9H15NO3/c1-6-4-7(11)5-10(6)9(12)8-2-3-13-8/h6-8,11H,2-5H2,1H3. The first kappa shape index (κ1) is 8.97. The first-order valence-electron chi connectivity index (χ1n) is 4.78. The predicted octanol–water partition coefficient (Wildman–Crippen LogP) is -0.243. The zero-order chi connectivity index (χ0) is 9.42. The van der Waals surface area contributed by atoms with E-state index in [2.05, 4.69) is 0 Å². The average Bonchev–Trinajstić information content (AvgIpc) is 2.26. The van der Waals surface area contributed by atoms with E-state index in [-0.39, 0.29) is 24.2 Å². The van der Waals surface area contributed by atoms with E-state index in [9.17, 15) is 9.90 Å². The van der Waals surface area contributed by atoms with Gasteiger partial charge in [0.2, 0.25) is 0 Å². The molecule has 3 unspecified atom stereocenters. The number of hydrogen-bond acceptors (Lipinski definition) is 3. The van der Waals surface area contributed by atoms with Gasteiger partial charge in [-0.05, 0) is 13.3 Å². The van der Waals surface area contributed by atoms with E-state index in [4.69, 9.17) is 4.74 Å². The fourth-order valence-corrected chi connectivity index (χ4v) is 1.93. The number of carbonyl (C=O) groups excluding carboxylic acids is 1. The predicted molar refractivity (Wildman–Crippen MR) is 46.2 cm³/mol. The Morgan fingerprint density at radius 3 is 2.69 bits per heavy atom. The second-order valence-electron chi connectivity index (χ2n) is 3.88. The van der Waals surface area contributed by atoms with Gasteiger partial charge in [-0.25, -0.2) is 0 Å². The number of rotatable bonds is 1. The lowest BCUT2D eigenvalue weighted by Gasteiger charge is -2.31. The zero-order valence-electron chi connectivity index (χ0n) is 7.77. The van der Waals surface area contributed by atoms with Crippen molar-refractivity contribution in [1.82, 2.24) is 4.90 Å². The summed E-state index contributed by atoms with van der Waals surface area (Å²) in [5.41, 5.74) is 0. The quantitative estimate of drug-likeness (QED) is 0.613. The summed E-state index contributed by atoms with van der Waals surface area (Å²) < 4.78 is 5.12. The highest BCUT2D eigenvalue weighted by Gasteiger charge is 2.37. The fraction of sp³-hybridized carbons (Fsp3) is 0.889. The molecule has 13 heavy (non-hydrogen) atoms. The van der Waals surface area contributed by atoms with Gasteiger partial charge >= 0.3 is 0 Å². The summed E-state index contributed by atoms with van der Waals surface area (Å²) in [6.45, 7) is 3.13. The number of likely N-dealkylation sites (tertiary alicyclic amines) is 1. The van der Waals surface area contributed by atoms with Crippen LogP contribution in [0.4, 0.5) is 0 Å². The maximum atomic E-state index is 11.7. The van der Waals surface area contributed by atoms with Crippen LogP contribution in [0.1, 0.15) is 19.8 Å². The molecule has 0 aromatic carbocycles. The van der Waals surface area contributed by atoms with Gasteiger partial charge in [-0.2, -0.15) is 0 Å². The third-order valence-electron chi connectivity index (χ3n) is 2.81. The largest absolute Gasteiger partial charge is 0.391 e. The van der Waals surface area contributed by atoms with Gasteiger partial charge in [0.1, 0.15) is 6.10 Å². The van der Waals surface area contributed by atoms with Crippen LogP contribution in [-0.2, 0) is 9.53 Å². The molecule has 0 aliphatic carbocycles. The van der Waals surface area contributed by atoms with Crippen LogP contribution in [0.5, 0.6) is 0 Å². The topological polar surface area (TPSA) is 49.8 Å². The van der Waals surface area contributed by atoms with Crippen molar-refractivity contribution in [2.24, 2.45) is 0 Å². The van der Waals surface area contributed by atoms with Crippen LogP contribution in [-0.4, -0.2) is 47.3 Å². The molecule has 0 spiro atoms. The van der Waals surface area contributed by atoms with Crippen molar-refractivity contribution >= 4 is 5.91 Å². The van der Waals surface area contributed by atoms with E-state index < -0.39 is 0 Å². The second kappa shape index (κ2) is 3.27. The molecule has 2 rings (SSSR count). The lowest BCUT2D eigenvalue weighted by molar-refractivity contribution is -0.157. The zero-order valence-corrected chi connectivity index (χ0v) is 7.77. The van der Waals surface area contributed by atoms with Gasteiger partial charge < -0.3 is 14.7 Å². The van der Waals surface area contributed by atoms with E-state index in [0.717, 1.165) is 6.42 Å². The fourth-order valence-electron chi connectivity index (χ4n) is 1.93. The number of aliphatic hydroxyl groups is 1. The van der Waals surface area contributed by atoms with Crippen molar-refractivity contribution in [3.8, 4) is 0 Å². The van der Waals surface area contributed by atoms with Crippen LogP contribution < -0.4 is 0 Å². The Kier molecular flexibility index (Phi) is 2.26. The van der Waals surface area contributed by atoms with Crippen molar-refractivity contribution in [1.29, 1.82) is 0 Å². The van der Waals surface area contributed by atoms with E-state index in [1.54, 1.807) is 4.90 Å². The van der Waals surface area contributed by atoms with Gasteiger partial charge in [-0.1, -0.05) is 0 Å². The Labute approximate surface area is 77.5 Å². The van der Waals surface area contributed by atoms with Gasteiger partial charge in [0, 0.05) is 19.0 Å². The van der Waals surface area contributed by atoms with Gasteiger partial charge in [0.15, 0.2) is 0 Å². The summed E-state index contributed by atoms with van der Waals surface area (Å²) in [5, 5.41) is 9.36. The summed E-state index contributed by atoms with van der Waals surface area (Å²) in [7, 11) is 0. The lowest BCUT2D eigenvalue weighted by atomic mass is 10.1. The molecule has 2 heterocycles. The maximum absolute atomic E-state index is 11.7. The third-order valence-corrected chi connectivity index (χ3v) is 2.81. The summed E-state index contributed by atoms with van der Waals surface area (Å²) >= 11 is 0. The summed E-state index contributed by atoms with van der Waals surface area (Å²) in [6.07, 6.45) is 0.947. The van der Waals surface area contributed by atoms with Crippen LogP contribution in [0.25, 0.3) is 0 Å². The van der Waals surface area contributed by atoms with Crippen molar-refractivity contribution in [2.45, 2.75) is 38.0 Å². The molecule has 0 aromatic rings. The van der Waals surface area contributed by atoms with Gasteiger partial charge in [0.05, 0.1) is 12.7 Å². The molecule has 2 aliphatic rings. The highest BCUT2D eigenvalue weighted by molar-refractivity contribution is 5.82. The molecule has 4 heteroatoms. The molecule has 4 nitrogen and oxygen atoms in total. The van der Waals surface area contributed by atoms with Crippen LogP contribution in [0, 0.1) is 0 Å². The molecule has 0 bridgehead atoms. The summed E-state index contributed by atoms with van der Waals surface area (Å²) in [6, 6.07) is 0.159. The van der Waals surface area contributed by atoms with Crippen molar-refractivity contribution in [3.63, 3.8) is 0 Å². The van der Waals surface area contributed by atoms with Gasteiger partial charge in [-0.15, -0.1) is 0 Å². The Morgan fingerprint density at radius 2 is 2.31 bits per heavy atom. The highest BCUT2D eigenvalue weighted by Crippen LogP contribution is 2.22. The minimum absolute atomic E-state index is 0.0512. The van der Waals surface area contributed by atoms with Crippen molar-refractivity contribution in [2.75, 3.05) is 13.2 Å². The molecular weight excluding hydrogens is 170 g/mol. The number of hydrogen-bond donors (Lipinski definition) is 1. The molecule has 2 aliphatic heterocycles. The number of amides is 1. The van der Waals surface area contributed by atoms with Gasteiger partial charge in [-0.3, -0.25) is 4.79 Å². The summed E-state index contributed by atoms with van der Waals surface area (Å²) in [5.74, 6) is 0.0512. The van der Waals surface area contributed by atoms with E-state index >= 15 is 0 Å². The average molecular weight is 185 g/mol. The SMILES string of the molecule is CC1CC(O)CN1C(=O)C1CCO1. The first-order chi connectivity index (χ1) is 6.18. The number of aliphatic hydroxyl groups excluding tert-OH is 1. The Bertz CT molecular complexity index is 215. The van der Waals surface area contributed by atoms with Crippen LogP contribution in [0.15, 0.2) is 0 Å². The lowest BCUT2D eigenvalue weighted by Crippen LogP contribution is -2.47. The van der Waals surface area contributed by atoms with E-state index in [1.807, 2.05) is 6.92 Å². The van der Waals surface area contributed by atoms with Crippen LogP contribution >= 0.6 is 0 Å². The Morgan fingerprint density at radius 1 is 1.62 bits per heavy atom. The van der Waals surface area contributed by atoms with Crippen molar-refractivity contribution in [3.05, 3.63) is 0 Å². The monoisotopic (exact) mass is 185 g/mol. The molecular formula is C9H15NO3. The molecule has 2 fully saturated rings.